The van der Waals surface area contributed by atoms with Gasteiger partial charge in [-0.1, -0.05) is 40.8 Å². The molecule has 1 fully saturated rings. The minimum Gasteiger partial charge on any atom is -0.508 e. The number of benzene rings is 1. The van der Waals surface area contributed by atoms with Gasteiger partial charge < -0.3 is 5.11 Å². The summed E-state index contributed by atoms with van der Waals surface area (Å²) in [6.45, 7) is 0. The van der Waals surface area contributed by atoms with Crippen molar-refractivity contribution in [1.29, 1.82) is 0 Å². The molecule has 2 rings (SSSR count). The van der Waals surface area contributed by atoms with Gasteiger partial charge in [0.15, 0.2) is 0 Å². The molecular weight excluding hydrogens is 379 g/mol. The van der Waals surface area contributed by atoms with Gasteiger partial charge in [-0.15, -0.1) is 0 Å². The fourth-order valence-corrected chi connectivity index (χ4v) is 4.31. The molecule has 8 heteroatoms. The summed E-state index contributed by atoms with van der Waals surface area (Å²) in [4.78, 5) is 21.3. The van der Waals surface area contributed by atoms with Gasteiger partial charge in [0.1, 0.15) is 9.17 Å². The van der Waals surface area contributed by atoms with Crippen molar-refractivity contribution >= 4 is 22.6 Å². The third-order valence-corrected chi connectivity index (χ3v) is 5.48. The standard InChI is InChI=1S/C12H13IN2O5/c13-12(8-4-1-2-6-10(8)16)7-3-5-9(14(17)18)11(12)15(19)20/h1-2,4,6,9,11,16H,3,5,7H2. The normalized spacial score (nSPS) is 29.9. The Morgan fingerprint density at radius 3 is 2.45 bits per heavy atom. The summed E-state index contributed by atoms with van der Waals surface area (Å²) in [5, 5.41) is 32.4. The van der Waals surface area contributed by atoms with Gasteiger partial charge in [-0.3, -0.25) is 20.2 Å². The monoisotopic (exact) mass is 392 g/mol. The van der Waals surface area contributed by atoms with Crippen molar-refractivity contribution in [3.05, 3.63) is 50.1 Å². The maximum Gasteiger partial charge on any atom is 0.297 e. The highest BCUT2D eigenvalue weighted by atomic mass is 127. The first-order chi connectivity index (χ1) is 9.38. The van der Waals surface area contributed by atoms with Crippen LogP contribution in [0.5, 0.6) is 5.75 Å². The first kappa shape index (κ1) is 14.9. The zero-order chi connectivity index (χ0) is 14.9. The molecule has 0 aromatic heterocycles. The van der Waals surface area contributed by atoms with E-state index in [1.807, 2.05) is 22.6 Å². The van der Waals surface area contributed by atoms with Gasteiger partial charge in [0, 0.05) is 21.8 Å². The van der Waals surface area contributed by atoms with Crippen LogP contribution in [0.4, 0.5) is 0 Å². The summed E-state index contributed by atoms with van der Waals surface area (Å²) >= 11 is 1.90. The van der Waals surface area contributed by atoms with E-state index in [4.69, 9.17) is 0 Å². The van der Waals surface area contributed by atoms with Gasteiger partial charge in [-0.25, -0.2) is 0 Å². The molecular formula is C12H13IN2O5. The van der Waals surface area contributed by atoms with E-state index in [2.05, 4.69) is 0 Å². The van der Waals surface area contributed by atoms with Crippen molar-refractivity contribution in [2.75, 3.05) is 0 Å². The maximum atomic E-state index is 11.4. The zero-order valence-electron chi connectivity index (χ0n) is 10.4. The highest BCUT2D eigenvalue weighted by Crippen LogP contribution is 2.49. The highest BCUT2D eigenvalue weighted by molar-refractivity contribution is 14.1. The van der Waals surface area contributed by atoms with Crippen LogP contribution in [0.15, 0.2) is 24.3 Å². The molecule has 0 saturated heterocycles. The maximum absolute atomic E-state index is 11.4. The molecule has 1 saturated carbocycles. The largest absolute Gasteiger partial charge is 0.508 e. The lowest BCUT2D eigenvalue weighted by Gasteiger charge is -2.35. The first-order valence-electron chi connectivity index (χ1n) is 6.12. The Morgan fingerprint density at radius 1 is 1.25 bits per heavy atom. The van der Waals surface area contributed by atoms with E-state index in [0.717, 1.165) is 0 Å². The van der Waals surface area contributed by atoms with E-state index in [0.29, 0.717) is 18.4 Å². The lowest BCUT2D eigenvalue weighted by Crippen LogP contribution is -2.53. The third kappa shape index (κ3) is 2.43. The minimum absolute atomic E-state index is 0.0576. The molecule has 0 radical (unpaired) electrons. The van der Waals surface area contributed by atoms with E-state index in [-0.39, 0.29) is 12.2 Å². The molecule has 7 nitrogen and oxygen atoms in total. The van der Waals surface area contributed by atoms with Crippen LogP contribution in [0.3, 0.4) is 0 Å². The van der Waals surface area contributed by atoms with Crippen molar-refractivity contribution in [2.24, 2.45) is 0 Å². The Hall–Kier alpha value is -1.45. The molecule has 1 aliphatic rings. The average molecular weight is 392 g/mol. The quantitative estimate of drug-likeness (QED) is 0.368. The minimum atomic E-state index is -1.35. The lowest BCUT2D eigenvalue weighted by atomic mass is 9.77. The molecule has 0 heterocycles. The van der Waals surface area contributed by atoms with Crippen LogP contribution in [0, 0.1) is 20.2 Å². The van der Waals surface area contributed by atoms with Crippen LogP contribution in [-0.2, 0) is 3.42 Å². The number of aromatic hydroxyl groups is 1. The topological polar surface area (TPSA) is 107 Å². The first-order valence-corrected chi connectivity index (χ1v) is 7.20. The molecule has 20 heavy (non-hydrogen) atoms. The second kappa shape index (κ2) is 5.51. The van der Waals surface area contributed by atoms with E-state index >= 15 is 0 Å². The SMILES string of the molecule is O=[N+]([O-])C1CCCC(I)(c2ccccc2O)C1[N+](=O)[O-]. The molecule has 3 unspecified atom stereocenters. The number of nitrogens with zero attached hydrogens (tertiary/aromatic N) is 2. The summed E-state index contributed by atoms with van der Waals surface area (Å²) in [5.74, 6) is -0.0576. The smallest absolute Gasteiger partial charge is 0.297 e. The molecule has 3 atom stereocenters. The van der Waals surface area contributed by atoms with Crippen molar-refractivity contribution in [3.63, 3.8) is 0 Å². The van der Waals surface area contributed by atoms with Crippen LogP contribution in [-0.4, -0.2) is 27.0 Å². The van der Waals surface area contributed by atoms with Gasteiger partial charge in [-0.05, 0) is 18.9 Å². The van der Waals surface area contributed by atoms with Gasteiger partial charge >= 0.3 is 0 Å². The average Bonchev–Trinajstić information content (AvgIpc) is 2.38. The summed E-state index contributed by atoms with van der Waals surface area (Å²) in [5.41, 5.74) is 0.397. The predicted octanol–water partition coefficient (Wildman–Crippen LogP) is 2.50. The molecule has 1 N–H and O–H groups in total. The molecule has 1 aliphatic carbocycles. The predicted molar refractivity (Wildman–Crippen MR) is 79.2 cm³/mol. The van der Waals surface area contributed by atoms with E-state index in [9.17, 15) is 25.3 Å². The van der Waals surface area contributed by atoms with E-state index < -0.39 is 25.4 Å². The number of rotatable bonds is 3. The number of phenolic OH excluding ortho intramolecular Hbond substituents is 1. The van der Waals surface area contributed by atoms with Gasteiger partial charge in [0.2, 0.25) is 0 Å². The molecule has 0 spiro atoms. The van der Waals surface area contributed by atoms with Crippen LogP contribution in [0.1, 0.15) is 24.8 Å². The number of alkyl halides is 1. The van der Waals surface area contributed by atoms with Gasteiger partial charge in [0.25, 0.3) is 12.1 Å². The highest BCUT2D eigenvalue weighted by Gasteiger charge is 2.59. The second-order valence-corrected chi connectivity index (χ2v) is 6.78. The van der Waals surface area contributed by atoms with Crippen molar-refractivity contribution < 1.29 is 15.0 Å². The van der Waals surface area contributed by atoms with Crippen molar-refractivity contribution in [3.8, 4) is 5.75 Å². The fourth-order valence-electron chi connectivity index (χ4n) is 2.83. The molecule has 0 bridgehead atoms. The summed E-state index contributed by atoms with van der Waals surface area (Å²) in [6.07, 6.45) is 1.14. The molecule has 108 valence electrons. The Bertz CT molecular complexity index is 552. The molecule has 0 aliphatic heterocycles. The fraction of sp³-hybridized carbons (Fsp3) is 0.500. The Balaban J connectivity index is 2.54. The zero-order valence-corrected chi connectivity index (χ0v) is 12.6. The number of para-hydroxylation sites is 1. The number of hydrogen-bond acceptors (Lipinski definition) is 5. The molecule has 0 amide bonds. The van der Waals surface area contributed by atoms with E-state index in [1.165, 1.54) is 6.07 Å². The summed E-state index contributed by atoms with van der Waals surface area (Å²) in [6, 6.07) is 3.76. The Labute approximate surface area is 128 Å². The van der Waals surface area contributed by atoms with E-state index in [1.54, 1.807) is 18.2 Å². The summed E-state index contributed by atoms with van der Waals surface area (Å²) < 4.78 is -1.07. The molecule has 1 aromatic carbocycles. The number of halogens is 1. The van der Waals surface area contributed by atoms with Crippen molar-refractivity contribution in [1.82, 2.24) is 0 Å². The lowest BCUT2D eigenvalue weighted by molar-refractivity contribution is -0.625. The third-order valence-electron chi connectivity index (χ3n) is 3.72. The number of phenols is 1. The summed E-state index contributed by atoms with van der Waals surface area (Å²) in [7, 11) is 0. The second-order valence-electron chi connectivity index (χ2n) is 4.85. The Morgan fingerprint density at radius 2 is 1.90 bits per heavy atom. The number of hydrogen-bond donors (Lipinski definition) is 1. The van der Waals surface area contributed by atoms with Crippen molar-refractivity contribution in [2.45, 2.75) is 34.8 Å². The van der Waals surface area contributed by atoms with Crippen LogP contribution in [0.25, 0.3) is 0 Å². The number of nitro groups is 2. The van der Waals surface area contributed by atoms with Gasteiger partial charge in [-0.2, -0.15) is 0 Å². The van der Waals surface area contributed by atoms with Crippen LogP contribution >= 0.6 is 22.6 Å². The van der Waals surface area contributed by atoms with Gasteiger partial charge in [0.05, 0.1) is 0 Å². The Kier molecular flexibility index (Phi) is 4.11. The molecule has 1 aromatic rings. The van der Waals surface area contributed by atoms with Crippen LogP contribution in [0.2, 0.25) is 0 Å². The van der Waals surface area contributed by atoms with Crippen LogP contribution < -0.4 is 0 Å².